The monoisotopic (exact) mass is 381 g/mol. The number of carbonyl (C=O) groups is 1. The first-order valence-corrected chi connectivity index (χ1v) is 9.65. The van der Waals surface area contributed by atoms with E-state index in [1.807, 2.05) is 78.9 Å². The Labute approximate surface area is 171 Å². The van der Waals surface area contributed by atoms with E-state index in [0.29, 0.717) is 11.3 Å². The number of hydrogen-bond acceptors (Lipinski definition) is 2. The van der Waals surface area contributed by atoms with Crippen molar-refractivity contribution in [1.29, 1.82) is 0 Å². The molecule has 0 aliphatic heterocycles. The molecule has 0 bridgehead atoms. The van der Waals surface area contributed by atoms with Crippen molar-refractivity contribution in [3.05, 3.63) is 113 Å². The first-order chi connectivity index (χ1) is 14.2. The van der Waals surface area contributed by atoms with Crippen LogP contribution in [0, 0.1) is 6.92 Å². The van der Waals surface area contributed by atoms with Crippen LogP contribution >= 0.6 is 0 Å². The molecule has 0 unspecified atom stereocenters. The third kappa shape index (κ3) is 3.85. The van der Waals surface area contributed by atoms with E-state index >= 15 is 0 Å². The van der Waals surface area contributed by atoms with Crippen LogP contribution in [0.4, 0.5) is 0 Å². The third-order valence-corrected chi connectivity index (χ3v) is 5.22. The highest BCUT2D eigenvalue weighted by molar-refractivity contribution is 6.02. The molecule has 0 saturated heterocycles. The summed E-state index contributed by atoms with van der Waals surface area (Å²) < 4.78 is 5.53. The van der Waals surface area contributed by atoms with E-state index < -0.39 is 0 Å². The van der Waals surface area contributed by atoms with E-state index in [1.165, 1.54) is 0 Å². The molecule has 3 nitrogen and oxygen atoms in total. The fourth-order valence-electron chi connectivity index (χ4n) is 3.67. The quantitative estimate of drug-likeness (QED) is 0.483. The highest BCUT2D eigenvalue weighted by atomic mass is 16.5. The van der Waals surface area contributed by atoms with Crippen molar-refractivity contribution < 1.29 is 9.53 Å². The highest BCUT2D eigenvalue weighted by Gasteiger charge is 2.21. The van der Waals surface area contributed by atoms with Crippen molar-refractivity contribution in [2.24, 2.45) is 0 Å². The zero-order chi connectivity index (χ0) is 20.2. The minimum absolute atomic E-state index is 0.162. The molecule has 1 N–H and O–H groups in total. The second-order valence-electron chi connectivity index (χ2n) is 7.07. The van der Waals surface area contributed by atoms with E-state index in [2.05, 4.69) is 24.4 Å². The molecule has 4 aromatic rings. The van der Waals surface area contributed by atoms with E-state index in [1.54, 1.807) is 7.11 Å². The number of methoxy groups -OCH3 is 1. The van der Waals surface area contributed by atoms with E-state index in [-0.39, 0.29) is 11.9 Å². The predicted molar refractivity (Wildman–Crippen MR) is 117 cm³/mol. The smallest absolute Gasteiger partial charge is 0.255 e. The van der Waals surface area contributed by atoms with Crippen molar-refractivity contribution in [1.82, 2.24) is 5.32 Å². The molecule has 1 amide bonds. The Morgan fingerprint density at radius 3 is 2.14 bits per heavy atom. The molecule has 0 heterocycles. The molecule has 4 aromatic carbocycles. The summed E-state index contributed by atoms with van der Waals surface area (Å²) in [5.41, 5.74) is 3.77. The van der Waals surface area contributed by atoms with Gasteiger partial charge in [-0.3, -0.25) is 4.79 Å². The number of benzene rings is 4. The van der Waals surface area contributed by atoms with Crippen molar-refractivity contribution in [3.8, 4) is 5.75 Å². The van der Waals surface area contributed by atoms with Gasteiger partial charge >= 0.3 is 0 Å². The summed E-state index contributed by atoms with van der Waals surface area (Å²) in [5, 5.41) is 5.27. The molecule has 0 spiro atoms. The minimum atomic E-state index is -0.249. The second kappa shape index (κ2) is 8.19. The minimum Gasteiger partial charge on any atom is -0.496 e. The molecule has 3 heteroatoms. The first kappa shape index (κ1) is 18.8. The summed E-state index contributed by atoms with van der Waals surface area (Å²) in [6.45, 7) is 2.06. The molecule has 0 fully saturated rings. The van der Waals surface area contributed by atoms with Crippen molar-refractivity contribution in [2.75, 3.05) is 7.11 Å². The maximum atomic E-state index is 13.3. The van der Waals surface area contributed by atoms with Gasteiger partial charge in [0.15, 0.2) is 0 Å². The van der Waals surface area contributed by atoms with Gasteiger partial charge in [-0.15, -0.1) is 0 Å². The normalized spacial score (nSPS) is 11.8. The van der Waals surface area contributed by atoms with Crippen LogP contribution < -0.4 is 10.1 Å². The van der Waals surface area contributed by atoms with Crippen LogP contribution in [0.1, 0.15) is 33.1 Å². The van der Waals surface area contributed by atoms with Crippen molar-refractivity contribution >= 4 is 16.7 Å². The maximum absolute atomic E-state index is 13.3. The fraction of sp³-hybridized carbons (Fsp3) is 0.115. The molecule has 0 aliphatic rings. The number of aryl methyl sites for hydroxylation is 1. The van der Waals surface area contributed by atoms with Gasteiger partial charge in [0.25, 0.3) is 5.91 Å². The van der Waals surface area contributed by atoms with E-state index in [9.17, 15) is 4.79 Å². The van der Waals surface area contributed by atoms with Crippen molar-refractivity contribution in [3.63, 3.8) is 0 Å². The summed E-state index contributed by atoms with van der Waals surface area (Å²) >= 11 is 0. The predicted octanol–water partition coefficient (Wildman–Crippen LogP) is 5.68. The Morgan fingerprint density at radius 1 is 0.828 bits per heavy atom. The molecule has 4 rings (SSSR count). The zero-order valence-corrected chi connectivity index (χ0v) is 16.6. The van der Waals surface area contributed by atoms with Gasteiger partial charge in [-0.25, -0.2) is 0 Å². The largest absolute Gasteiger partial charge is 0.496 e. The highest BCUT2D eigenvalue weighted by Crippen LogP contribution is 2.29. The first-order valence-electron chi connectivity index (χ1n) is 9.65. The third-order valence-electron chi connectivity index (χ3n) is 5.22. The zero-order valence-electron chi connectivity index (χ0n) is 16.6. The molecule has 0 saturated carbocycles. The number of nitrogens with one attached hydrogen (secondary N) is 1. The van der Waals surface area contributed by atoms with Crippen LogP contribution in [0.3, 0.4) is 0 Å². The van der Waals surface area contributed by atoms with Crippen LogP contribution in [0.5, 0.6) is 5.75 Å². The van der Waals surface area contributed by atoms with Crippen LogP contribution in [0.15, 0.2) is 91.0 Å². The van der Waals surface area contributed by atoms with Gasteiger partial charge < -0.3 is 10.1 Å². The molecule has 0 aromatic heterocycles. The van der Waals surface area contributed by atoms with Crippen molar-refractivity contribution in [2.45, 2.75) is 13.0 Å². The summed E-state index contributed by atoms with van der Waals surface area (Å²) in [6.07, 6.45) is 0. The Morgan fingerprint density at radius 2 is 1.45 bits per heavy atom. The number of carbonyl (C=O) groups excluding carboxylic acids is 1. The lowest BCUT2D eigenvalue weighted by Crippen LogP contribution is -2.30. The van der Waals surface area contributed by atoms with Gasteiger partial charge in [0, 0.05) is 0 Å². The van der Waals surface area contributed by atoms with Gasteiger partial charge in [0.2, 0.25) is 0 Å². The number of amides is 1. The molecule has 1 atom stereocenters. The molecule has 0 radical (unpaired) electrons. The van der Waals surface area contributed by atoms with Gasteiger partial charge in [-0.1, -0.05) is 78.9 Å². The molecular weight excluding hydrogens is 358 g/mol. The topological polar surface area (TPSA) is 38.3 Å². The van der Waals surface area contributed by atoms with Gasteiger partial charge in [-0.2, -0.15) is 0 Å². The van der Waals surface area contributed by atoms with Gasteiger partial charge in [-0.05, 0) is 46.5 Å². The number of ether oxygens (including phenoxy) is 1. The van der Waals surface area contributed by atoms with E-state index in [4.69, 9.17) is 4.74 Å². The Bertz CT molecular complexity index is 1150. The van der Waals surface area contributed by atoms with Gasteiger partial charge in [0.1, 0.15) is 5.75 Å². The number of hydrogen-bond donors (Lipinski definition) is 1. The van der Waals surface area contributed by atoms with Crippen LogP contribution in [-0.4, -0.2) is 13.0 Å². The van der Waals surface area contributed by atoms with E-state index in [0.717, 1.165) is 27.5 Å². The maximum Gasteiger partial charge on any atom is 0.255 e. The molecule has 144 valence electrons. The average Bonchev–Trinajstić information content (AvgIpc) is 2.77. The standard InChI is InChI=1S/C26H23NO2/c1-18-10-6-9-15-22(18)25(19-11-4-3-5-12-19)27-26(28)23-16-20-13-7-8-14-21(20)17-24(23)29-2/h3-17,25H,1-2H3,(H,27,28)/t25-/m0/s1. The van der Waals surface area contributed by atoms with Crippen LogP contribution in [0.25, 0.3) is 10.8 Å². The Kier molecular flexibility index (Phi) is 5.30. The number of fused-ring (bicyclic) bond motifs is 1. The fourth-order valence-corrected chi connectivity index (χ4v) is 3.67. The Hall–Kier alpha value is -3.59. The summed E-state index contributed by atoms with van der Waals surface area (Å²) in [5.74, 6) is 0.405. The molecule has 29 heavy (non-hydrogen) atoms. The van der Waals surface area contributed by atoms with Gasteiger partial charge in [0.05, 0.1) is 18.7 Å². The van der Waals surface area contributed by atoms with Crippen LogP contribution in [0.2, 0.25) is 0 Å². The lowest BCUT2D eigenvalue weighted by atomic mass is 9.94. The molecular formula is C26H23NO2. The summed E-state index contributed by atoms with van der Waals surface area (Å²) in [6, 6.07) is 29.7. The summed E-state index contributed by atoms with van der Waals surface area (Å²) in [4.78, 5) is 13.3. The lowest BCUT2D eigenvalue weighted by Gasteiger charge is -2.22. The Balaban J connectivity index is 1.76. The second-order valence-corrected chi connectivity index (χ2v) is 7.07. The van der Waals surface area contributed by atoms with Crippen LogP contribution in [-0.2, 0) is 0 Å². The number of rotatable bonds is 5. The average molecular weight is 381 g/mol. The summed E-state index contributed by atoms with van der Waals surface area (Å²) in [7, 11) is 1.59. The molecule has 0 aliphatic carbocycles. The lowest BCUT2D eigenvalue weighted by molar-refractivity contribution is 0.0940. The SMILES string of the molecule is COc1cc2ccccc2cc1C(=O)N[C@@H](c1ccccc1)c1ccccc1C.